The van der Waals surface area contributed by atoms with Crippen LogP contribution in [0, 0.1) is 11.8 Å². The Balaban J connectivity index is 1.50. The second kappa shape index (κ2) is 15.5. The Morgan fingerprint density at radius 3 is 2.37 bits per heavy atom. The van der Waals surface area contributed by atoms with Crippen LogP contribution < -0.4 is 5.32 Å². The number of allylic oxidation sites excluding steroid dienone is 1. The van der Waals surface area contributed by atoms with E-state index < -0.39 is 59.6 Å². The van der Waals surface area contributed by atoms with Crippen LogP contribution in [0.2, 0.25) is 0 Å². The van der Waals surface area contributed by atoms with Gasteiger partial charge < -0.3 is 29.7 Å². The number of aliphatic hydroxyl groups is 1. The van der Waals surface area contributed by atoms with Crippen LogP contribution in [0.3, 0.4) is 0 Å². The largest absolute Gasteiger partial charge is 0.455 e. The fourth-order valence-electron chi connectivity index (χ4n) is 7.96. The molecule has 10 nitrogen and oxygen atoms in total. The third-order valence-electron chi connectivity index (χ3n) is 10.2. The molecule has 3 saturated heterocycles. The van der Waals surface area contributed by atoms with E-state index in [2.05, 4.69) is 18.5 Å². The van der Waals surface area contributed by atoms with Gasteiger partial charge in [-0.15, -0.1) is 13.2 Å². The van der Waals surface area contributed by atoms with Crippen molar-refractivity contribution in [3.05, 3.63) is 97.1 Å². The van der Waals surface area contributed by atoms with Gasteiger partial charge in [0.2, 0.25) is 17.7 Å². The molecule has 0 saturated carbocycles. The summed E-state index contributed by atoms with van der Waals surface area (Å²) in [6.07, 6.45) is 3.81. The number of esters is 1. The third kappa shape index (κ3) is 7.07. The number of nitrogens with one attached hydrogen (secondary N) is 1. The lowest BCUT2D eigenvalue weighted by Gasteiger charge is -2.40. The lowest BCUT2D eigenvalue weighted by Crippen LogP contribution is -2.60. The summed E-state index contributed by atoms with van der Waals surface area (Å²) in [7, 11) is 0. The van der Waals surface area contributed by atoms with Gasteiger partial charge in [0.05, 0.1) is 36.6 Å². The van der Waals surface area contributed by atoms with Gasteiger partial charge in [0.25, 0.3) is 0 Å². The number of carbonyl (C=O) groups is 4. The van der Waals surface area contributed by atoms with Gasteiger partial charge in [0.15, 0.2) is 0 Å². The van der Waals surface area contributed by atoms with Gasteiger partial charge in [-0.1, -0.05) is 72.8 Å². The van der Waals surface area contributed by atoms with Crippen LogP contribution in [0.5, 0.6) is 0 Å². The molecule has 0 unspecified atom stereocenters. The van der Waals surface area contributed by atoms with E-state index in [9.17, 15) is 24.3 Å². The van der Waals surface area contributed by atoms with Crippen LogP contribution in [0.4, 0.5) is 0 Å². The Hall–Kier alpha value is -4.28. The number of rotatable bonds is 16. The molecule has 0 aromatic heterocycles. The Kier molecular flexibility index (Phi) is 11.4. The highest BCUT2D eigenvalue weighted by molar-refractivity contribution is 5.98. The van der Waals surface area contributed by atoms with Gasteiger partial charge >= 0.3 is 5.97 Å². The number of fused-ring (bicyclic) bond motifs is 1. The summed E-state index contributed by atoms with van der Waals surface area (Å²) in [5, 5.41) is 13.7. The fourth-order valence-corrected chi connectivity index (χ4v) is 7.96. The van der Waals surface area contributed by atoms with E-state index >= 15 is 0 Å². The highest BCUT2D eigenvalue weighted by atomic mass is 16.6. The van der Waals surface area contributed by atoms with Gasteiger partial charge in [0.1, 0.15) is 17.7 Å². The van der Waals surface area contributed by atoms with E-state index in [-0.39, 0.29) is 37.4 Å². The topological polar surface area (TPSA) is 125 Å². The molecular formula is C39H49N3O7. The van der Waals surface area contributed by atoms with E-state index in [4.69, 9.17) is 9.47 Å². The molecule has 3 amide bonds. The summed E-state index contributed by atoms with van der Waals surface area (Å²) in [6, 6.07) is 16.1. The zero-order valence-electron chi connectivity index (χ0n) is 28.7. The molecule has 3 aliphatic rings. The number of amides is 3. The lowest BCUT2D eigenvalue weighted by atomic mass is 9.70. The van der Waals surface area contributed by atoms with Crippen LogP contribution in [0.15, 0.2) is 86.0 Å². The van der Waals surface area contributed by atoms with Crippen molar-refractivity contribution in [2.75, 3.05) is 13.2 Å². The number of aliphatic hydroxyl groups excluding tert-OH is 1. The van der Waals surface area contributed by atoms with Crippen molar-refractivity contribution >= 4 is 23.7 Å². The predicted octanol–water partition coefficient (Wildman–Crippen LogP) is 4.14. The summed E-state index contributed by atoms with van der Waals surface area (Å²) in [5.41, 5.74) is 0.324. The molecule has 10 heteroatoms. The Labute approximate surface area is 289 Å². The molecule has 3 heterocycles. The van der Waals surface area contributed by atoms with Crippen molar-refractivity contribution < 1.29 is 33.8 Å². The van der Waals surface area contributed by atoms with Crippen LogP contribution in [0.1, 0.15) is 63.7 Å². The van der Waals surface area contributed by atoms with Crippen molar-refractivity contribution in [3.8, 4) is 0 Å². The van der Waals surface area contributed by atoms with Crippen LogP contribution in [-0.2, 0) is 35.1 Å². The standard InChI is InChI=1S/C39H49N3O7/c1-6-8-19-31(44)40-26(5)34(28-17-13-10-14-18-28)48-38(47)32-30-20-21-39(49-30)33(32)36(45)42(29(24-43)23-27-15-11-9-12-16-27)35(39)37(46)41(22-7-2)25(3)4/h6-7,9-18,25-26,29-30,32-35,43H,1-2,8,19-24H2,3-5H3,(H,40,44)/t26-,29-,30-,32+,33+,34-,35-,39+/m1/s1. The molecule has 3 aliphatic heterocycles. The Bertz CT molecular complexity index is 1510. The quantitative estimate of drug-likeness (QED) is 0.203. The predicted molar refractivity (Wildman–Crippen MR) is 185 cm³/mol. The van der Waals surface area contributed by atoms with E-state index in [0.717, 1.165) is 5.56 Å². The molecule has 2 aromatic rings. The van der Waals surface area contributed by atoms with E-state index in [1.165, 1.54) is 4.90 Å². The molecule has 0 radical (unpaired) electrons. The van der Waals surface area contributed by atoms with E-state index in [1.54, 1.807) is 24.0 Å². The van der Waals surface area contributed by atoms with E-state index in [0.29, 0.717) is 31.2 Å². The Morgan fingerprint density at radius 2 is 1.76 bits per heavy atom. The molecule has 2 N–H and O–H groups in total. The van der Waals surface area contributed by atoms with Gasteiger partial charge in [-0.25, -0.2) is 0 Å². The summed E-state index contributed by atoms with van der Waals surface area (Å²) >= 11 is 0. The first kappa shape index (κ1) is 36.0. The summed E-state index contributed by atoms with van der Waals surface area (Å²) in [6.45, 7) is 13.0. The molecule has 8 atom stereocenters. The van der Waals surface area contributed by atoms with Gasteiger partial charge in [-0.3, -0.25) is 19.2 Å². The second-order valence-corrected chi connectivity index (χ2v) is 13.7. The van der Waals surface area contributed by atoms with Gasteiger partial charge in [-0.05, 0) is 57.6 Å². The zero-order chi connectivity index (χ0) is 35.3. The maximum absolute atomic E-state index is 14.7. The first-order chi connectivity index (χ1) is 23.6. The van der Waals surface area contributed by atoms with Crippen molar-refractivity contribution in [3.63, 3.8) is 0 Å². The minimum atomic E-state index is -1.27. The smallest absolute Gasteiger partial charge is 0.313 e. The highest BCUT2D eigenvalue weighted by Gasteiger charge is 2.75. The van der Waals surface area contributed by atoms with Crippen molar-refractivity contribution in [2.24, 2.45) is 11.8 Å². The minimum Gasteiger partial charge on any atom is -0.455 e. The number of nitrogens with zero attached hydrogens (tertiary/aromatic N) is 2. The highest BCUT2D eigenvalue weighted by Crippen LogP contribution is 2.59. The molecule has 49 heavy (non-hydrogen) atoms. The summed E-state index contributed by atoms with van der Waals surface area (Å²) < 4.78 is 12.9. The van der Waals surface area contributed by atoms with Crippen LogP contribution in [-0.4, -0.2) is 87.6 Å². The average Bonchev–Trinajstić information content (AvgIpc) is 3.75. The zero-order valence-corrected chi connectivity index (χ0v) is 28.7. The van der Waals surface area contributed by atoms with Crippen molar-refractivity contribution in [2.45, 2.75) is 94.9 Å². The monoisotopic (exact) mass is 671 g/mol. The molecule has 0 aliphatic carbocycles. The van der Waals surface area contributed by atoms with Crippen LogP contribution in [0.25, 0.3) is 0 Å². The molecule has 3 fully saturated rings. The minimum absolute atomic E-state index is 0.197. The molecule has 2 aromatic carbocycles. The maximum Gasteiger partial charge on any atom is 0.313 e. The Morgan fingerprint density at radius 1 is 1.08 bits per heavy atom. The van der Waals surface area contributed by atoms with Crippen LogP contribution >= 0.6 is 0 Å². The van der Waals surface area contributed by atoms with Gasteiger partial charge in [-0.2, -0.15) is 0 Å². The summed E-state index contributed by atoms with van der Waals surface area (Å²) in [5.74, 6) is -3.47. The molecular weight excluding hydrogens is 622 g/mol. The SMILES string of the molecule is C=CCCC(=O)N[C@H](C)[C@@H](OC(=O)[C@@H]1[C@H]2C(=O)N([C@@H](CO)Cc3ccccc3)[C@H](C(=O)N(CC=C)C(C)C)[C@]23CC[C@H]1O3)c1ccccc1. The normalized spacial score (nSPS) is 25.7. The van der Waals surface area contributed by atoms with E-state index in [1.807, 2.05) is 74.5 Å². The number of hydrogen-bond acceptors (Lipinski definition) is 7. The third-order valence-corrected chi connectivity index (χ3v) is 10.2. The molecule has 5 rings (SSSR count). The average molecular weight is 672 g/mol. The molecule has 2 bridgehead atoms. The first-order valence-electron chi connectivity index (χ1n) is 17.3. The number of hydrogen-bond donors (Lipinski definition) is 2. The maximum atomic E-state index is 14.7. The number of ether oxygens (including phenoxy) is 2. The number of likely N-dealkylation sites (tertiary alicyclic amines) is 1. The summed E-state index contributed by atoms with van der Waals surface area (Å²) in [4.78, 5) is 59.5. The second-order valence-electron chi connectivity index (χ2n) is 13.7. The number of benzene rings is 2. The van der Waals surface area contributed by atoms with Gasteiger partial charge in [0, 0.05) is 19.0 Å². The molecule has 262 valence electrons. The lowest BCUT2D eigenvalue weighted by molar-refractivity contribution is -0.162. The first-order valence-corrected chi connectivity index (χ1v) is 17.3. The van der Waals surface area contributed by atoms with Crippen molar-refractivity contribution in [1.29, 1.82) is 0 Å². The number of carbonyl (C=O) groups excluding carboxylic acids is 4. The van der Waals surface area contributed by atoms with Crippen molar-refractivity contribution in [1.82, 2.24) is 15.1 Å². The molecule has 1 spiro atoms. The fraction of sp³-hybridized carbons (Fsp3) is 0.487.